The molecule has 2 aliphatic heterocycles. The van der Waals surface area contributed by atoms with E-state index in [0.29, 0.717) is 18.8 Å². The van der Waals surface area contributed by atoms with E-state index in [-0.39, 0.29) is 25.7 Å². The molecule has 3 rings (SSSR count). The topological polar surface area (TPSA) is 102 Å². The van der Waals surface area contributed by atoms with Gasteiger partial charge in [0.25, 0.3) is 16.0 Å². The van der Waals surface area contributed by atoms with Crippen LogP contribution in [-0.2, 0) is 28.6 Å². The van der Waals surface area contributed by atoms with Crippen LogP contribution in [0.15, 0.2) is 24.3 Å². The average molecular weight is 370 g/mol. The zero-order chi connectivity index (χ0) is 18.0. The number of carbonyl (C=O) groups excluding carboxylic acids is 2. The molecular formula is C15H18N2O7S. The maximum absolute atomic E-state index is 12.0. The smallest absolute Gasteiger partial charge is 0.414 e. The first-order chi connectivity index (χ1) is 11.8. The monoisotopic (exact) mass is 370 g/mol. The van der Waals surface area contributed by atoms with Crippen LogP contribution in [0, 0.1) is 0 Å². The predicted octanol–water partition coefficient (Wildman–Crippen LogP) is 0.351. The highest BCUT2D eigenvalue weighted by molar-refractivity contribution is 7.85. The SMILES string of the molecule is CS(=O)(=O)OCC1CN(c2ccc(N3CCOCC3=O)cc2)C(=O)O1. The Morgan fingerprint density at radius 3 is 2.40 bits per heavy atom. The van der Waals surface area contributed by atoms with E-state index in [2.05, 4.69) is 4.18 Å². The number of hydrogen-bond donors (Lipinski definition) is 0. The van der Waals surface area contributed by atoms with Crippen molar-refractivity contribution in [2.45, 2.75) is 6.10 Å². The number of nitrogens with zero attached hydrogens (tertiary/aromatic N) is 2. The number of hydrogen-bond acceptors (Lipinski definition) is 7. The first-order valence-corrected chi connectivity index (χ1v) is 9.46. The summed E-state index contributed by atoms with van der Waals surface area (Å²) in [6, 6.07) is 6.90. The lowest BCUT2D eigenvalue weighted by molar-refractivity contribution is -0.125. The minimum atomic E-state index is -3.59. The van der Waals surface area contributed by atoms with Gasteiger partial charge in [-0.05, 0) is 24.3 Å². The summed E-state index contributed by atoms with van der Waals surface area (Å²) >= 11 is 0. The summed E-state index contributed by atoms with van der Waals surface area (Å²) in [6.45, 7) is 0.983. The van der Waals surface area contributed by atoms with Crippen molar-refractivity contribution >= 4 is 33.5 Å². The third-order valence-corrected chi connectivity index (χ3v) is 4.37. The molecule has 1 unspecified atom stereocenters. The van der Waals surface area contributed by atoms with Gasteiger partial charge in [0.05, 0.1) is 19.4 Å². The Labute approximate surface area is 145 Å². The number of benzene rings is 1. The van der Waals surface area contributed by atoms with Gasteiger partial charge in [-0.3, -0.25) is 13.9 Å². The van der Waals surface area contributed by atoms with E-state index in [4.69, 9.17) is 9.47 Å². The van der Waals surface area contributed by atoms with Gasteiger partial charge in [-0.2, -0.15) is 8.42 Å². The van der Waals surface area contributed by atoms with Gasteiger partial charge in [-0.15, -0.1) is 0 Å². The van der Waals surface area contributed by atoms with Crippen LogP contribution in [0.25, 0.3) is 0 Å². The van der Waals surface area contributed by atoms with Crippen LogP contribution < -0.4 is 9.80 Å². The number of anilines is 2. The zero-order valence-corrected chi connectivity index (χ0v) is 14.4. The van der Waals surface area contributed by atoms with Crippen molar-refractivity contribution in [3.63, 3.8) is 0 Å². The van der Waals surface area contributed by atoms with Crippen LogP contribution in [0.5, 0.6) is 0 Å². The summed E-state index contributed by atoms with van der Waals surface area (Å²) in [5.74, 6) is -0.113. The molecule has 25 heavy (non-hydrogen) atoms. The molecule has 10 heteroatoms. The molecule has 0 radical (unpaired) electrons. The summed E-state index contributed by atoms with van der Waals surface area (Å²) in [7, 11) is -3.59. The molecule has 2 saturated heterocycles. The summed E-state index contributed by atoms with van der Waals surface area (Å²) in [6.07, 6.45) is -0.298. The van der Waals surface area contributed by atoms with Gasteiger partial charge in [0.2, 0.25) is 0 Å². The lowest BCUT2D eigenvalue weighted by Crippen LogP contribution is -2.41. The van der Waals surface area contributed by atoms with E-state index >= 15 is 0 Å². The Balaban J connectivity index is 1.66. The lowest BCUT2D eigenvalue weighted by atomic mass is 10.2. The molecule has 1 atom stereocenters. The van der Waals surface area contributed by atoms with Crippen molar-refractivity contribution in [3.05, 3.63) is 24.3 Å². The number of carbonyl (C=O) groups is 2. The fraction of sp³-hybridized carbons (Fsp3) is 0.467. The number of ether oxygens (including phenoxy) is 2. The van der Waals surface area contributed by atoms with Crippen molar-refractivity contribution in [1.29, 1.82) is 0 Å². The van der Waals surface area contributed by atoms with Crippen LogP contribution in [-0.4, -0.2) is 65.7 Å². The van der Waals surface area contributed by atoms with Crippen molar-refractivity contribution in [2.24, 2.45) is 0 Å². The molecule has 2 heterocycles. The van der Waals surface area contributed by atoms with E-state index in [0.717, 1.165) is 11.9 Å². The van der Waals surface area contributed by atoms with Gasteiger partial charge in [0, 0.05) is 17.9 Å². The predicted molar refractivity (Wildman–Crippen MR) is 88.0 cm³/mol. The standard InChI is InChI=1S/C15H18N2O7S/c1-25(20,21)23-9-13-8-17(15(19)24-13)12-4-2-11(3-5-12)16-6-7-22-10-14(16)18/h2-5,13H,6-10H2,1H3. The molecule has 0 spiro atoms. The van der Waals surface area contributed by atoms with Crippen molar-refractivity contribution < 1.29 is 31.7 Å². The third kappa shape index (κ3) is 4.27. The van der Waals surface area contributed by atoms with Crippen LogP contribution in [0.4, 0.5) is 16.2 Å². The lowest BCUT2D eigenvalue weighted by Gasteiger charge is -2.27. The highest BCUT2D eigenvalue weighted by Crippen LogP contribution is 2.25. The quantitative estimate of drug-likeness (QED) is 0.689. The Kier molecular flexibility index (Phi) is 4.93. The van der Waals surface area contributed by atoms with Crippen LogP contribution in [0.1, 0.15) is 0 Å². The van der Waals surface area contributed by atoms with E-state index in [1.54, 1.807) is 29.2 Å². The normalized spacial score (nSPS) is 21.6. The molecule has 136 valence electrons. The maximum atomic E-state index is 12.0. The molecule has 1 aromatic rings. The summed E-state index contributed by atoms with van der Waals surface area (Å²) in [5, 5.41) is 0. The second-order valence-corrected chi connectivity index (χ2v) is 7.36. The van der Waals surface area contributed by atoms with Crippen LogP contribution >= 0.6 is 0 Å². The highest BCUT2D eigenvalue weighted by atomic mass is 32.2. The second-order valence-electron chi connectivity index (χ2n) is 5.72. The van der Waals surface area contributed by atoms with Gasteiger partial charge < -0.3 is 14.4 Å². The van der Waals surface area contributed by atoms with Crippen LogP contribution in [0.2, 0.25) is 0 Å². The highest BCUT2D eigenvalue weighted by Gasteiger charge is 2.33. The Morgan fingerprint density at radius 1 is 1.16 bits per heavy atom. The van der Waals surface area contributed by atoms with Crippen molar-refractivity contribution in [3.8, 4) is 0 Å². The number of rotatable bonds is 5. The van der Waals surface area contributed by atoms with Gasteiger partial charge in [-0.1, -0.05) is 0 Å². The minimum absolute atomic E-state index is 0.0578. The molecule has 0 aliphatic carbocycles. The molecule has 0 saturated carbocycles. The number of cyclic esters (lactones) is 1. The summed E-state index contributed by atoms with van der Waals surface area (Å²) < 4.78 is 36.9. The third-order valence-electron chi connectivity index (χ3n) is 3.80. The molecular weight excluding hydrogens is 352 g/mol. The molecule has 2 fully saturated rings. The molecule has 2 aliphatic rings. The van der Waals surface area contributed by atoms with Gasteiger partial charge in [-0.25, -0.2) is 4.79 Å². The van der Waals surface area contributed by atoms with E-state index in [1.807, 2.05) is 0 Å². The molecule has 0 aromatic heterocycles. The maximum Gasteiger partial charge on any atom is 0.414 e. The average Bonchev–Trinajstić information content (AvgIpc) is 2.94. The Hall–Kier alpha value is -2.17. The van der Waals surface area contributed by atoms with Crippen molar-refractivity contribution in [1.82, 2.24) is 0 Å². The first kappa shape index (κ1) is 17.6. The van der Waals surface area contributed by atoms with Gasteiger partial charge in [0.15, 0.2) is 0 Å². The molecule has 9 nitrogen and oxygen atoms in total. The van der Waals surface area contributed by atoms with Crippen LogP contribution in [0.3, 0.4) is 0 Å². The minimum Gasteiger partial charge on any atom is -0.441 e. The number of amides is 2. The van der Waals surface area contributed by atoms with E-state index in [9.17, 15) is 18.0 Å². The fourth-order valence-corrected chi connectivity index (χ4v) is 3.02. The molecule has 2 amide bonds. The number of morpholine rings is 1. The van der Waals surface area contributed by atoms with E-state index in [1.165, 1.54) is 4.90 Å². The summed E-state index contributed by atoms with van der Waals surface area (Å²) in [5.41, 5.74) is 1.32. The summed E-state index contributed by atoms with van der Waals surface area (Å²) in [4.78, 5) is 26.8. The van der Waals surface area contributed by atoms with Crippen molar-refractivity contribution in [2.75, 3.05) is 49.0 Å². The van der Waals surface area contributed by atoms with Gasteiger partial charge in [0.1, 0.15) is 19.3 Å². The second kappa shape index (κ2) is 6.98. The van der Waals surface area contributed by atoms with Gasteiger partial charge >= 0.3 is 6.09 Å². The van der Waals surface area contributed by atoms with E-state index < -0.39 is 22.3 Å². The molecule has 1 aromatic carbocycles. The zero-order valence-electron chi connectivity index (χ0n) is 13.6. The molecule has 0 bridgehead atoms. The molecule has 0 N–H and O–H groups in total. The first-order valence-electron chi connectivity index (χ1n) is 7.64. The Morgan fingerprint density at radius 2 is 1.80 bits per heavy atom. The largest absolute Gasteiger partial charge is 0.441 e. The Bertz CT molecular complexity index is 763. The fourth-order valence-electron chi connectivity index (χ4n) is 2.62.